The molecule has 1 aromatic carbocycles. The Labute approximate surface area is 134 Å². The van der Waals surface area contributed by atoms with E-state index in [2.05, 4.69) is 27.1 Å². The van der Waals surface area contributed by atoms with E-state index >= 15 is 0 Å². The molecule has 0 amide bonds. The van der Waals surface area contributed by atoms with Crippen LogP contribution in [0.4, 0.5) is 5.95 Å². The van der Waals surface area contributed by atoms with Gasteiger partial charge in [0.25, 0.3) is 0 Å². The van der Waals surface area contributed by atoms with Crippen molar-refractivity contribution in [2.24, 2.45) is 11.0 Å². The molecule has 0 bridgehead atoms. The van der Waals surface area contributed by atoms with Crippen LogP contribution in [0.15, 0.2) is 29.4 Å². The Bertz CT molecular complexity index is 736. The van der Waals surface area contributed by atoms with Gasteiger partial charge in [0.2, 0.25) is 10.7 Å². The van der Waals surface area contributed by atoms with Crippen LogP contribution < -0.4 is 4.90 Å². The quantitative estimate of drug-likeness (QED) is 0.674. The fraction of sp³-hybridized carbons (Fsp3) is 0.400. The van der Waals surface area contributed by atoms with Crippen LogP contribution >= 0.6 is 12.2 Å². The number of aromatic hydroxyl groups is 1. The molecule has 2 aromatic rings. The summed E-state index contributed by atoms with van der Waals surface area (Å²) in [5.74, 6) is 1.55. The maximum Gasteiger partial charge on any atom is 0.246 e. The van der Waals surface area contributed by atoms with Gasteiger partial charge in [-0.25, -0.2) is 5.10 Å². The van der Waals surface area contributed by atoms with Crippen LogP contribution in [0.3, 0.4) is 0 Å². The van der Waals surface area contributed by atoms with E-state index in [1.807, 2.05) is 6.07 Å². The van der Waals surface area contributed by atoms with Crippen molar-refractivity contribution in [1.82, 2.24) is 14.9 Å². The number of para-hydroxylation sites is 1. The third-order valence-corrected chi connectivity index (χ3v) is 4.09. The van der Waals surface area contributed by atoms with Gasteiger partial charge in [-0.05, 0) is 43.1 Å². The predicted octanol–water partition coefficient (Wildman–Crippen LogP) is 2.76. The topological polar surface area (TPSA) is 69.4 Å². The number of benzene rings is 1. The predicted molar refractivity (Wildman–Crippen MR) is 89.1 cm³/mol. The van der Waals surface area contributed by atoms with Crippen molar-refractivity contribution in [2.75, 3.05) is 18.0 Å². The van der Waals surface area contributed by atoms with Crippen molar-refractivity contribution in [3.63, 3.8) is 0 Å². The van der Waals surface area contributed by atoms with Crippen molar-refractivity contribution in [2.45, 2.75) is 19.8 Å². The first-order valence-corrected chi connectivity index (χ1v) is 7.80. The molecule has 7 heteroatoms. The molecule has 0 radical (unpaired) electrons. The minimum absolute atomic E-state index is 0.189. The van der Waals surface area contributed by atoms with Crippen molar-refractivity contribution in [3.8, 4) is 5.75 Å². The van der Waals surface area contributed by atoms with E-state index in [4.69, 9.17) is 12.2 Å². The molecule has 22 heavy (non-hydrogen) atoms. The molecule has 6 nitrogen and oxygen atoms in total. The molecule has 2 heterocycles. The second-order valence-corrected chi connectivity index (χ2v) is 6.02. The highest BCUT2D eigenvalue weighted by Gasteiger charge is 2.21. The van der Waals surface area contributed by atoms with E-state index in [-0.39, 0.29) is 5.75 Å². The molecule has 1 atom stereocenters. The Morgan fingerprint density at radius 1 is 1.45 bits per heavy atom. The van der Waals surface area contributed by atoms with Gasteiger partial charge in [0.05, 0.1) is 6.21 Å². The van der Waals surface area contributed by atoms with Crippen LogP contribution in [-0.4, -0.2) is 39.3 Å². The molecule has 2 N–H and O–H groups in total. The van der Waals surface area contributed by atoms with E-state index in [0.29, 0.717) is 16.3 Å². The van der Waals surface area contributed by atoms with E-state index in [0.717, 1.165) is 25.5 Å². The number of piperidine rings is 1. The first-order chi connectivity index (χ1) is 10.6. The second kappa shape index (κ2) is 6.31. The van der Waals surface area contributed by atoms with Gasteiger partial charge in [-0.2, -0.15) is 9.78 Å². The molecule has 3 rings (SSSR count). The molecular formula is C15H19N5OS. The van der Waals surface area contributed by atoms with Crippen LogP contribution in [0.1, 0.15) is 25.3 Å². The molecule has 1 saturated heterocycles. The summed E-state index contributed by atoms with van der Waals surface area (Å²) in [4.78, 5) is 2.20. The normalized spacial score (nSPS) is 19.0. The molecule has 0 spiro atoms. The molecule has 1 aromatic heterocycles. The van der Waals surface area contributed by atoms with Crippen molar-refractivity contribution in [1.29, 1.82) is 0 Å². The smallest absolute Gasteiger partial charge is 0.246 e. The average Bonchev–Trinajstić information content (AvgIpc) is 2.87. The Hall–Kier alpha value is -2.15. The van der Waals surface area contributed by atoms with Crippen LogP contribution in [0.5, 0.6) is 5.75 Å². The van der Waals surface area contributed by atoms with Gasteiger partial charge >= 0.3 is 0 Å². The lowest BCUT2D eigenvalue weighted by atomic mass is 10.0. The van der Waals surface area contributed by atoms with Gasteiger partial charge in [0.15, 0.2) is 0 Å². The molecule has 116 valence electrons. The van der Waals surface area contributed by atoms with Gasteiger partial charge in [-0.3, -0.25) is 0 Å². The zero-order chi connectivity index (χ0) is 15.5. The van der Waals surface area contributed by atoms with Crippen molar-refractivity contribution < 1.29 is 5.11 Å². The summed E-state index contributed by atoms with van der Waals surface area (Å²) in [6.45, 7) is 4.14. The maximum atomic E-state index is 9.80. The lowest BCUT2D eigenvalue weighted by Crippen LogP contribution is -2.35. The summed E-state index contributed by atoms with van der Waals surface area (Å²) in [7, 11) is 0. The van der Waals surface area contributed by atoms with Gasteiger partial charge in [-0.15, -0.1) is 5.10 Å². The number of nitrogens with zero attached hydrogens (tertiary/aromatic N) is 4. The average molecular weight is 317 g/mol. The Morgan fingerprint density at radius 2 is 2.27 bits per heavy atom. The standard InChI is InChI=1S/C15H19N5OS/c1-11-5-4-8-19(10-11)14-17-18-15(22)20(14)16-9-12-6-2-3-7-13(12)21/h2-3,6-7,9,11,21H,4-5,8,10H2,1H3,(H,18,22). The van der Waals surface area contributed by atoms with Gasteiger partial charge in [0.1, 0.15) is 5.75 Å². The van der Waals surface area contributed by atoms with Gasteiger partial charge < -0.3 is 10.0 Å². The van der Waals surface area contributed by atoms with Crippen LogP contribution in [0.2, 0.25) is 0 Å². The highest BCUT2D eigenvalue weighted by molar-refractivity contribution is 7.71. The van der Waals surface area contributed by atoms with Crippen molar-refractivity contribution >= 4 is 24.4 Å². The minimum atomic E-state index is 0.189. The first kappa shape index (κ1) is 14.8. The number of phenols is 1. The summed E-state index contributed by atoms with van der Waals surface area (Å²) in [6.07, 6.45) is 3.98. The largest absolute Gasteiger partial charge is 0.507 e. The summed E-state index contributed by atoms with van der Waals surface area (Å²) >= 11 is 5.26. The highest BCUT2D eigenvalue weighted by atomic mass is 32.1. The number of hydrogen-bond donors (Lipinski definition) is 2. The first-order valence-electron chi connectivity index (χ1n) is 7.40. The Kier molecular flexibility index (Phi) is 4.24. The zero-order valence-corrected chi connectivity index (χ0v) is 13.3. The number of aromatic amines is 1. The number of phenolic OH excluding ortho intramolecular Hbond substituents is 1. The molecule has 1 aliphatic rings. The van der Waals surface area contributed by atoms with Crippen molar-refractivity contribution in [3.05, 3.63) is 34.6 Å². The highest BCUT2D eigenvalue weighted by Crippen LogP contribution is 2.21. The number of H-pyrrole nitrogens is 1. The number of nitrogens with one attached hydrogen (secondary N) is 1. The lowest BCUT2D eigenvalue weighted by Gasteiger charge is -2.30. The number of anilines is 1. The zero-order valence-electron chi connectivity index (χ0n) is 12.4. The van der Waals surface area contributed by atoms with Gasteiger partial charge in [-0.1, -0.05) is 19.1 Å². The summed E-state index contributed by atoms with van der Waals surface area (Å²) < 4.78 is 2.06. The Balaban J connectivity index is 1.90. The number of aromatic nitrogens is 3. The van der Waals surface area contributed by atoms with Gasteiger partial charge in [0, 0.05) is 18.7 Å². The number of hydrogen-bond acceptors (Lipinski definition) is 5. The van der Waals surface area contributed by atoms with E-state index in [9.17, 15) is 5.11 Å². The molecular weight excluding hydrogens is 298 g/mol. The SMILES string of the molecule is CC1CCCN(c2n[nH]c(=S)n2N=Cc2ccccc2O)C1. The fourth-order valence-corrected chi connectivity index (χ4v) is 2.85. The van der Waals surface area contributed by atoms with E-state index in [1.54, 1.807) is 29.1 Å². The number of rotatable bonds is 3. The van der Waals surface area contributed by atoms with Crippen LogP contribution in [0, 0.1) is 10.7 Å². The van der Waals surface area contributed by atoms with Crippen LogP contribution in [0.25, 0.3) is 0 Å². The second-order valence-electron chi connectivity index (χ2n) is 5.64. The molecule has 1 unspecified atom stereocenters. The minimum Gasteiger partial charge on any atom is -0.507 e. The maximum absolute atomic E-state index is 9.80. The molecule has 1 aliphatic heterocycles. The summed E-state index contributed by atoms with van der Waals surface area (Å²) in [6, 6.07) is 7.05. The Morgan fingerprint density at radius 3 is 3.05 bits per heavy atom. The lowest BCUT2D eigenvalue weighted by molar-refractivity contribution is 0.439. The molecule has 0 saturated carbocycles. The monoisotopic (exact) mass is 317 g/mol. The van der Waals surface area contributed by atoms with E-state index in [1.165, 1.54) is 6.42 Å². The summed E-state index contributed by atoms with van der Waals surface area (Å²) in [5.41, 5.74) is 0.642. The van der Waals surface area contributed by atoms with Crippen LogP contribution in [-0.2, 0) is 0 Å². The molecule has 1 fully saturated rings. The third-order valence-electron chi connectivity index (χ3n) is 3.82. The third kappa shape index (κ3) is 3.04. The fourth-order valence-electron chi connectivity index (χ4n) is 2.68. The molecule has 0 aliphatic carbocycles. The van der Waals surface area contributed by atoms with E-state index < -0.39 is 0 Å². The summed E-state index contributed by atoms with van der Waals surface area (Å²) in [5, 5.41) is 21.3.